The second-order valence-electron chi connectivity index (χ2n) is 8.82. The van der Waals surface area contributed by atoms with Crippen LogP contribution in [-0.4, -0.2) is 61.5 Å². The van der Waals surface area contributed by atoms with Crippen molar-refractivity contribution < 1.29 is 14.4 Å². The monoisotopic (exact) mass is 439 g/mol. The SMILES string of the molecule is CC(C)n1c(C2CCCN(C(=O)CCCN3C(=O)c4ccccc4C3=O)C2)nn(C)c1=O. The van der Waals surface area contributed by atoms with Gasteiger partial charge in [0.2, 0.25) is 5.91 Å². The van der Waals surface area contributed by atoms with Gasteiger partial charge in [-0.1, -0.05) is 12.1 Å². The Kier molecular flexibility index (Phi) is 5.99. The average Bonchev–Trinajstić information content (AvgIpc) is 3.22. The quantitative estimate of drug-likeness (QED) is 0.641. The third-order valence-corrected chi connectivity index (χ3v) is 6.29. The molecule has 3 amide bonds. The highest BCUT2D eigenvalue weighted by Crippen LogP contribution is 2.27. The maximum absolute atomic E-state index is 12.9. The largest absolute Gasteiger partial charge is 0.345 e. The zero-order valence-electron chi connectivity index (χ0n) is 18.8. The lowest BCUT2D eigenvalue weighted by atomic mass is 9.96. The number of aromatic nitrogens is 3. The highest BCUT2D eigenvalue weighted by atomic mass is 16.2. The first-order valence-electron chi connectivity index (χ1n) is 11.2. The summed E-state index contributed by atoms with van der Waals surface area (Å²) in [5.41, 5.74) is 0.711. The van der Waals surface area contributed by atoms with Crippen molar-refractivity contribution in [3.63, 3.8) is 0 Å². The van der Waals surface area contributed by atoms with E-state index >= 15 is 0 Å². The number of imide groups is 1. The van der Waals surface area contributed by atoms with Crippen LogP contribution in [0.4, 0.5) is 0 Å². The molecule has 9 nitrogen and oxygen atoms in total. The molecular weight excluding hydrogens is 410 g/mol. The van der Waals surface area contributed by atoms with Crippen LogP contribution in [0.2, 0.25) is 0 Å². The minimum absolute atomic E-state index is 0.000633. The molecule has 1 unspecified atom stereocenters. The van der Waals surface area contributed by atoms with E-state index in [2.05, 4.69) is 5.10 Å². The lowest BCUT2D eigenvalue weighted by molar-refractivity contribution is -0.132. The lowest BCUT2D eigenvalue weighted by Crippen LogP contribution is -2.40. The second-order valence-corrected chi connectivity index (χ2v) is 8.82. The van der Waals surface area contributed by atoms with Crippen LogP contribution in [0.15, 0.2) is 29.1 Å². The van der Waals surface area contributed by atoms with Crippen molar-refractivity contribution in [2.75, 3.05) is 19.6 Å². The Bertz CT molecular complexity index is 1080. The Balaban J connectivity index is 1.36. The van der Waals surface area contributed by atoms with Gasteiger partial charge < -0.3 is 4.90 Å². The predicted octanol–water partition coefficient (Wildman–Crippen LogP) is 1.95. The Labute approximate surface area is 186 Å². The molecule has 0 spiro atoms. The molecule has 2 aliphatic heterocycles. The maximum Gasteiger partial charge on any atom is 0.345 e. The first kappa shape index (κ1) is 22.0. The first-order valence-corrected chi connectivity index (χ1v) is 11.2. The molecule has 1 aromatic carbocycles. The number of carbonyl (C=O) groups excluding carboxylic acids is 3. The summed E-state index contributed by atoms with van der Waals surface area (Å²) in [5, 5.41) is 4.45. The Morgan fingerprint density at radius 3 is 2.41 bits per heavy atom. The predicted molar refractivity (Wildman–Crippen MR) is 117 cm³/mol. The Hall–Kier alpha value is -3.23. The summed E-state index contributed by atoms with van der Waals surface area (Å²) >= 11 is 0. The molecule has 32 heavy (non-hydrogen) atoms. The molecular formula is C23H29N5O4. The van der Waals surface area contributed by atoms with E-state index in [-0.39, 0.29) is 48.3 Å². The van der Waals surface area contributed by atoms with Crippen LogP contribution in [0.5, 0.6) is 0 Å². The zero-order valence-corrected chi connectivity index (χ0v) is 18.8. The topological polar surface area (TPSA) is 97.5 Å². The van der Waals surface area contributed by atoms with Gasteiger partial charge in [-0.05, 0) is 45.2 Å². The molecule has 1 aromatic heterocycles. The molecule has 0 N–H and O–H groups in total. The van der Waals surface area contributed by atoms with Gasteiger partial charge in [0.25, 0.3) is 11.8 Å². The van der Waals surface area contributed by atoms with E-state index in [1.807, 2.05) is 18.7 Å². The molecule has 0 bridgehead atoms. The fraction of sp³-hybridized carbons (Fsp3) is 0.522. The minimum Gasteiger partial charge on any atom is -0.342 e. The van der Waals surface area contributed by atoms with Gasteiger partial charge in [0.05, 0.1) is 11.1 Å². The molecule has 2 aliphatic rings. The van der Waals surface area contributed by atoms with Gasteiger partial charge in [-0.15, -0.1) is 0 Å². The van der Waals surface area contributed by atoms with Gasteiger partial charge in [0.1, 0.15) is 5.82 Å². The summed E-state index contributed by atoms with van der Waals surface area (Å²) in [6, 6.07) is 6.79. The summed E-state index contributed by atoms with van der Waals surface area (Å²) in [7, 11) is 1.65. The van der Waals surface area contributed by atoms with Crippen LogP contribution in [0.1, 0.15) is 78.0 Å². The van der Waals surface area contributed by atoms with Gasteiger partial charge in [-0.2, -0.15) is 5.10 Å². The molecule has 9 heteroatoms. The fourth-order valence-corrected chi connectivity index (χ4v) is 4.67. The van der Waals surface area contributed by atoms with Crippen LogP contribution in [0, 0.1) is 0 Å². The molecule has 1 fully saturated rings. The molecule has 0 aliphatic carbocycles. The standard InChI is InChI=1S/C23H29N5O4/c1-15(2)28-20(24-25(3)23(28)32)16-8-6-12-26(14-16)19(29)11-7-13-27-21(30)17-9-4-5-10-18(17)22(27)31/h4-5,9-10,15-16H,6-8,11-14H2,1-3H3. The number of nitrogens with zero attached hydrogens (tertiary/aromatic N) is 5. The third kappa shape index (κ3) is 3.87. The van der Waals surface area contributed by atoms with Crippen molar-refractivity contribution in [1.29, 1.82) is 0 Å². The van der Waals surface area contributed by atoms with Gasteiger partial charge in [-0.3, -0.25) is 23.9 Å². The average molecular weight is 440 g/mol. The summed E-state index contributed by atoms with van der Waals surface area (Å²) < 4.78 is 3.07. The number of benzene rings is 1. The maximum atomic E-state index is 12.9. The number of fused-ring (bicyclic) bond motifs is 1. The number of piperidine rings is 1. The normalized spacial score (nSPS) is 18.6. The summed E-state index contributed by atoms with van der Waals surface area (Å²) in [6.45, 7) is 5.33. The smallest absolute Gasteiger partial charge is 0.342 e. The molecule has 0 saturated carbocycles. The summed E-state index contributed by atoms with van der Waals surface area (Å²) in [4.78, 5) is 53.3. The summed E-state index contributed by atoms with van der Waals surface area (Å²) in [5.74, 6) is 0.160. The van der Waals surface area contributed by atoms with Crippen molar-refractivity contribution in [2.24, 2.45) is 7.05 Å². The van der Waals surface area contributed by atoms with E-state index in [1.165, 1.54) is 9.58 Å². The highest BCUT2D eigenvalue weighted by molar-refractivity contribution is 6.21. The van der Waals surface area contributed by atoms with Crippen molar-refractivity contribution in [3.05, 3.63) is 51.7 Å². The summed E-state index contributed by atoms with van der Waals surface area (Å²) in [6.07, 6.45) is 2.41. The van der Waals surface area contributed by atoms with Crippen LogP contribution in [-0.2, 0) is 11.8 Å². The van der Waals surface area contributed by atoms with E-state index in [9.17, 15) is 19.2 Å². The third-order valence-electron chi connectivity index (χ3n) is 6.29. The molecule has 2 aromatic rings. The first-order chi connectivity index (χ1) is 15.3. The zero-order chi connectivity index (χ0) is 23.0. The highest BCUT2D eigenvalue weighted by Gasteiger charge is 2.35. The van der Waals surface area contributed by atoms with Crippen molar-refractivity contribution in [1.82, 2.24) is 24.1 Å². The van der Waals surface area contributed by atoms with Gasteiger partial charge in [0, 0.05) is 45.1 Å². The van der Waals surface area contributed by atoms with E-state index in [0.717, 1.165) is 18.7 Å². The van der Waals surface area contributed by atoms with E-state index < -0.39 is 0 Å². The molecule has 170 valence electrons. The van der Waals surface area contributed by atoms with Crippen LogP contribution >= 0.6 is 0 Å². The van der Waals surface area contributed by atoms with Crippen molar-refractivity contribution >= 4 is 17.7 Å². The molecule has 1 saturated heterocycles. The minimum atomic E-state index is -0.294. The van der Waals surface area contributed by atoms with Crippen LogP contribution in [0.3, 0.4) is 0 Å². The second kappa shape index (κ2) is 8.72. The number of carbonyl (C=O) groups is 3. The Morgan fingerprint density at radius 2 is 1.78 bits per heavy atom. The Morgan fingerprint density at radius 1 is 1.12 bits per heavy atom. The number of likely N-dealkylation sites (tertiary alicyclic amines) is 1. The molecule has 4 rings (SSSR count). The number of hydrogen-bond donors (Lipinski definition) is 0. The van der Waals surface area contributed by atoms with Crippen molar-refractivity contribution in [2.45, 2.75) is 51.5 Å². The lowest BCUT2D eigenvalue weighted by Gasteiger charge is -2.33. The number of amides is 3. The van der Waals surface area contributed by atoms with Crippen molar-refractivity contribution in [3.8, 4) is 0 Å². The number of hydrogen-bond acceptors (Lipinski definition) is 5. The van der Waals surface area contributed by atoms with Gasteiger partial charge >= 0.3 is 5.69 Å². The number of aryl methyl sites for hydroxylation is 1. The molecule has 3 heterocycles. The van der Waals surface area contributed by atoms with Crippen LogP contribution < -0.4 is 5.69 Å². The molecule has 1 atom stereocenters. The van der Waals surface area contributed by atoms with E-state index in [4.69, 9.17) is 0 Å². The number of rotatable bonds is 6. The molecule has 0 radical (unpaired) electrons. The fourth-order valence-electron chi connectivity index (χ4n) is 4.67. The van der Waals surface area contributed by atoms with E-state index in [1.54, 1.807) is 35.9 Å². The van der Waals surface area contributed by atoms with Gasteiger partial charge in [0.15, 0.2) is 0 Å². The van der Waals surface area contributed by atoms with E-state index in [0.29, 0.717) is 30.6 Å². The van der Waals surface area contributed by atoms with Gasteiger partial charge in [-0.25, -0.2) is 9.48 Å². The van der Waals surface area contributed by atoms with Crippen LogP contribution in [0.25, 0.3) is 0 Å².